The smallest absolute Gasteiger partial charge is 0.186 e. The molecule has 0 amide bonds. The average Bonchev–Trinajstić information content (AvgIpc) is 2.46. The second kappa shape index (κ2) is 5.94. The first-order valence-corrected chi connectivity index (χ1v) is 5.77. The Morgan fingerprint density at radius 1 is 0.889 bits per heavy atom. The number of aliphatic hydroxyl groups is 1. The van der Waals surface area contributed by atoms with E-state index in [1.54, 1.807) is 12.1 Å². The van der Waals surface area contributed by atoms with Crippen molar-refractivity contribution >= 4 is 11.4 Å². The summed E-state index contributed by atoms with van der Waals surface area (Å²) in [6.45, 7) is -0.150. The van der Waals surface area contributed by atoms with Crippen LogP contribution in [0.4, 0.5) is 0 Å². The fraction of sp³-hybridized carbons (Fsp3) is 0.0625. The fourth-order valence-corrected chi connectivity index (χ4v) is 1.72. The summed E-state index contributed by atoms with van der Waals surface area (Å²) in [6.07, 6.45) is 1.49. The number of rotatable bonds is 4. The highest BCUT2D eigenvalue weighted by atomic mass is 16.3. The fourth-order valence-electron chi connectivity index (χ4n) is 1.72. The topological polar surface area (TPSA) is 37.3 Å². The molecule has 0 saturated heterocycles. The van der Waals surface area contributed by atoms with Crippen LogP contribution in [0.1, 0.15) is 15.9 Å². The zero-order valence-corrected chi connectivity index (χ0v) is 9.91. The van der Waals surface area contributed by atoms with E-state index in [1.165, 1.54) is 6.08 Å². The summed E-state index contributed by atoms with van der Waals surface area (Å²) in [5.74, 6) is -0.0940. The van der Waals surface area contributed by atoms with E-state index in [-0.39, 0.29) is 12.4 Å². The molecule has 0 radical (unpaired) electrons. The average molecular weight is 238 g/mol. The Labute approximate surface area is 106 Å². The van der Waals surface area contributed by atoms with Gasteiger partial charge in [0.25, 0.3) is 0 Å². The van der Waals surface area contributed by atoms with E-state index >= 15 is 0 Å². The summed E-state index contributed by atoms with van der Waals surface area (Å²) in [4.78, 5) is 12.0. The number of aliphatic hydroxyl groups excluding tert-OH is 1. The largest absolute Gasteiger partial charge is 0.392 e. The molecule has 0 unspecified atom stereocenters. The van der Waals surface area contributed by atoms with Gasteiger partial charge < -0.3 is 5.11 Å². The van der Waals surface area contributed by atoms with Crippen molar-refractivity contribution in [1.82, 2.24) is 0 Å². The van der Waals surface area contributed by atoms with Gasteiger partial charge in [0, 0.05) is 5.56 Å². The molecule has 18 heavy (non-hydrogen) atoms. The number of allylic oxidation sites excluding steroid dienone is 1. The first-order valence-electron chi connectivity index (χ1n) is 5.77. The lowest BCUT2D eigenvalue weighted by Gasteiger charge is -2.04. The third kappa shape index (κ3) is 2.93. The van der Waals surface area contributed by atoms with E-state index < -0.39 is 0 Å². The molecule has 0 aliphatic rings. The van der Waals surface area contributed by atoms with E-state index in [0.717, 1.165) is 5.56 Å². The van der Waals surface area contributed by atoms with Crippen molar-refractivity contribution in [2.45, 2.75) is 0 Å². The van der Waals surface area contributed by atoms with E-state index in [0.29, 0.717) is 11.1 Å². The normalized spacial score (nSPS) is 11.3. The molecule has 0 aliphatic carbocycles. The highest BCUT2D eigenvalue weighted by molar-refractivity contribution is 6.08. The van der Waals surface area contributed by atoms with Crippen LogP contribution in [0, 0.1) is 0 Å². The SMILES string of the molecule is O=C(/C=C(\CO)c1ccccc1)c1ccccc1. The van der Waals surface area contributed by atoms with Crippen molar-refractivity contribution in [3.8, 4) is 0 Å². The molecule has 0 atom stereocenters. The molecule has 0 bridgehead atoms. The molecular weight excluding hydrogens is 224 g/mol. The van der Waals surface area contributed by atoms with Crippen molar-refractivity contribution in [3.05, 3.63) is 77.9 Å². The van der Waals surface area contributed by atoms with Crippen LogP contribution in [0.3, 0.4) is 0 Å². The van der Waals surface area contributed by atoms with E-state index in [2.05, 4.69) is 0 Å². The highest BCUT2D eigenvalue weighted by Gasteiger charge is 2.05. The summed E-state index contributed by atoms with van der Waals surface area (Å²) in [6, 6.07) is 18.4. The van der Waals surface area contributed by atoms with Gasteiger partial charge in [0.2, 0.25) is 0 Å². The van der Waals surface area contributed by atoms with E-state index in [1.807, 2.05) is 48.5 Å². The number of carbonyl (C=O) groups is 1. The molecule has 2 rings (SSSR count). The molecule has 0 heterocycles. The maximum Gasteiger partial charge on any atom is 0.186 e. The minimum atomic E-state index is -0.150. The van der Waals surface area contributed by atoms with Gasteiger partial charge >= 0.3 is 0 Å². The maximum absolute atomic E-state index is 12.0. The molecule has 2 aromatic carbocycles. The van der Waals surface area contributed by atoms with Gasteiger partial charge in [-0.05, 0) is 17.2 Å². The summed E-state index contributed by atoms with van der Waals surface area (Å²) in [5, 5.41) is 9.35. The molecule has 2 heteroatoms. The number of hydrogen-bond acceptors (Lipinski definition) is 2. The third-order valence-electron chi connectivity index (χ3n) is 2.68. The molecule has 1 N–H and O–H groups in total. The molecule has 2 nitrogen and oxygen atoms in total. The van der Waals surface area contributed by atoms with Crippen LogP contribution < -0.4 is 0 Å². The van der Waals surface area contributed by atoms with Gasteiger partial charge in [-0.25, -0.2) is 0 Å². The Morgan fingerprint density at radius 2 is 1.39 bits per heavy atom. The summed E-state index contributed by atoms with van der Waals surface area (Å²) in [5.41, 5.74) is 2.12. The zero-order valence-electron chi connectivity index (χ0n) is 9.91. The standard InChI is InChI=1S/C16H14O2/c17-12-15(13-7-3-1-4-8-13)11-16(18)14-9-5-2-6-10-14/h1-11,17H,12H2/b15-11+. The van der Waals surface area contributed by atoms with Gasteiger partial charge in [-0.1, -0.05) is 60.7 Å². The molecule has 0 spiro atoms. The second-order valence-corrected chi connectivity index (χ2v) is 3.92. The molecule has 0 aliphatic heterocycles. The number of carbonyl (C=O) groups excluding carboxylic acids is 1. The number of hydrogen-bond donors (Lipinski definition) is 1. The molecule has 2 aromatic rings. The Hall–Kier alpha value is -2.19. The quantitative estimate of drug-likeness (QED) is 0.656. The van der Waals surface area contributed by atoms with E-state index in [4.69, 9.17) is 0 Å². The monoisotopic (exact) mass is 238 g/mol. The summed E-state index contributed by atoms with van der Waals surface area (Å²) in [7, 11) is 0. The lowest BCUT2D eigenvalue weighted by Crippen LogP contribution is -1.98. The van der Waals surface area contributed by atoms with E-state index in [9.17, 15) is 9.90 Å². The predicted molar refractivity (Wildman–Crippen MR) is 72.3 cm³/mol. The molecule has 0 fully saturated rings. The first-order chi connectivity index (χ1) is 8.81. The van der Waals surface area contributed by atoms with Crippen LogP contribution in [-0.2, 0) is 0 Å². The van der Waals surface area contributed by atoms with Crippen molar-refractivity contribution in [2.75, 3.05) is 6.61 Å². The lowest BCUT2D eigenvalue weighted by atomic mass is 10.0. The van der Waals surface area contributed by atoms with Gasteiger partial charge in [0.1, 0.15) is 0 Å². The van der Waals surface area contributed by atoms with Crippen LogP contribution in [0.5, 0.6) is 0 Å². The summed E-state index contributed by atoms with van der Waals surface area (Å²) < 4.78 is 0. The Kier molecular flexibility index (Phi) is 4.05. The van der Waals surface area contributed by atoms with Crippen molar-refractivity contribution in [2.24, 2.45) is 0 Å². The molecular formula is C16H14O2. The van der Waals surface area contributed by atoms with Crippen LogP contribution >= 0.6 is 0 Å². The molecule has 0 saturated carbocycles. The van der Waals surface area contributed by atoms with Crippen LogP contribution in [-0.4, -0.2) is 17.5 Å². The van der Waals surface area contributed by atoms with Crippen LogP contribution in [0.15, 0.2) is 66.7 Å². The Balaban J connectivity index is 2.29. The van der Waals surface area contributed by atoms with Gasteiger partial charge in [-0.15, -0.1) is 0 Å². The third-order valence-corrected chi connectivity index (χ3v) is 2.68. The van der Waals surface area contributed by atoms with Crippen molar-refractivity contribution < 1.29 is 9.90 Å². The number of benzene rings is 2. The molecule has 90 valence electrons. The maximum atomic E-state index is 12.0. The van der Waals surface area contributed by atoms with Gasteiger partial charge in [-0.3, -0.25) is 4.79 Å². The van der Waals surface area contributed by atoms with Crippen LogP contribution in [0.2, 0.25) is 0 Å². The Morgan fingerprint density at radius 3 is 1.89 bits per heavy atom. The molecule has 0 aromatic heterocycles. The van der Waals surface area contributed by atoms with Crippen LogP contribution in [0.25, 0.3) is 5.57 Å². The van der Waals surface area contributed by atoms with Gasteiger partial charge in [0.15, 0.2) is 5.78 Å². The highest BCUT2D eigenvalue weighted by Crippen LogP contribution is 2.14. The lowest BCUT2D eigenvalue weighted by molar-refractivity contribution is 0.104. The second-order valence-electron chi connectivity index (χ2n) is 3.92. The van der Waals surface area contributed by atoms with Crippen molar-refractivity contribution in [3.63, 3.8) is 0 Å². The number of ketones is 1. The summed E-state index contributed by atoms with van der Waals surface area (Å²) >= 11 is 0. The van der Waals surface area contributed by atoms with Gasteiger partial charge in [0.05, 0.1) is 6.61 Å². The zero-order chi connectivity index (χ0) is 12.8. The van der Waals surface area contributed by atoms with Gasteiger partial charge in [-0.2, -0.15) is 0 Å². The Bertz CT molecular complexity index is 542. The first kappa shape index (κ1) is 12.3. The van der Waals surface area contributed by atoms with Crippen molar-refractivity contribution in [1.29, 1.82) is 0 Å². The minimum Gasteiger partial charge on any atom is -0.392 e. The minimum absolute atomic E-state index is 0.0940. The predicted octanol–water partition coefficient (Wildman–Crippen LogP) is 2.95.